The highest BCUT2D eigenvalue weighted by molar-refractivity contribution is 5.94. The number of anilines is 1. The van der Waals surface area contributed by atoms with Gasteiger partial charge in [-0.1, -0.05) is 19.9 Å². The molecule has 0 aliphatic carbocycles. The van der Waals surface area contributed by atoms with Gasteiger partial charge in [0.25, 0.3) is 0 Å². The first-order chi connectivity index (χ1) is 19.2. The maximum absolute atomic E-state index is 12.6. The number of rotatable bonds is 8. The predicted molar refractivity (Wildman–Crippen MR) is 153 cm³/mol. The number of H-pyrrole nitrogens is 1. The molecule has 1 N–H and O–H groups in total. The number of nitrogens with zero attached hydrogens (tertiary/aromatic N) is 3. The average Bonchev–Trinajstić information content (AvgIpc) is 3.35. The van der Waals surface area contributed by atoms with Crippen molar-refractivity contribution in [1.82, 2.24) is 14.9 Å². The van der Waals surface area contributed by atoms with Gasteiger partial charge in [-0.25, -0.2) is 4.98 Å². The first-order valence-corrected chi connectivity index (χ1v) is 13.6. The van der Waals surface area contributed by atoms with E-state index in [9.17, 15) is 13.2 Å². The second kappa shape index (κ2) is 11.4. The maximum atomic E-state index is 12.6. The van der Waals surface area contributed by atoms with E-state index >= 15 is 0 Å². The van der Waals surface area contributed by atoms with Gasteiger partial charge in [-0.15, -0.1) is 0 Å². The molecule has 1 fully saturated rings. The number of benzene rings is 2. The minimum absolute atomic E-state index is 0.0466. The Morgan fingerprint density at radius 1 is 0.875 bits per heavy atom. The number of alkyl halides is 3. The molecular weight excluding hydrogens is 517 g/mol. The van der Waals surface area contributed by atoms with Gasteiger partial charge in [0, 0.05) is 55.4 Å². The van der Waals surface area contributed by atoms with Crippen molar-refractivity contribution in [3.05, 3.63) is 60.3 Å². The molecule has 0 spiro atoms. The van der Waals surface area contributed by atoms with Crippen LogP contribution in [0.15, 0.2) is 54.7 Å². The van der Waals surface area contributed by atoms with Crippen LogP contribution in [0.1, 0.15) is 31.7 Å². The van der Waals surface area contributed by atoms with Gasteiger partial charge in [-0.3, -0.25) is 4.90 Å². The Morgan fingerprint density at radius 3 is 2.25 bits per heavy atom. The number of piperazine rings is 1. The van der Waals surface area contributed by atoms with Crippen molar-refractivity contribution in [2.24, 2.45) is 0 Å². The average molecular weight is 553 g/mol. The summed E-state index contributed by atoms with van der Waals surface area (Å²) >= 11 is 0. The molecule has 212 valence electrons. The molecule has 3 heterocycles. The van der Waals surface area contributed by atoms with E-state index in [1.807, 2.05) is 29.2 Å². The van der Waals surface area contributed by atoms with Gasteiger partial charge in [-0.05, 0) is 65.1 Å². The number of methoxy groups -OCH3 is 2. The molecule has 0 radical (unpaired) electrons. The van der Waals surface area contributed by atoms with Crippen LogP contribution in [0.25, 0.3) is 33.3 Å². The van der Waals surface area contributed by atoms with Crippen molar-refractivity contribution in [3.8, 4) is 33.9 Å². The third kappa shape index (κ3) is 5.89. The first-order valence-electron chi connectivity index (χ1n) is 13.6. The van der Waals surface area contributed by atoms with Crippen LogP contribution in [0.5, 0.6) is 11.5 Å². The molecule has 5 rings (SSSR count). The van der Waals surface area contributed by atoms with Gasteiger partial charge in [-0.2, -0.15) is 13.2 Å². The lowest BCUT2D eigenvalue weighted by molar-refractivity contribution is -0.138. The van der Waals surface area contributed by atoms with Crippen molar-refractivity contribution in [2.75, 3.05) is 51.8 Å². The van der Waals surface area contributed by atoms with E-state index in [0.29, 0.717) is 37.7 Å². The van der Waals surface area contributed by atoms with E-state index in [4.69, 9.17) is 9.47 Å². The molecule has 9 heteroatoms. The lowest BCUT2D eigenvalue weighted by Crippen LogP contribution is -2.47. The summed E-state index contributed by atoms with van der Waals surface area (Å²) < 4.78 is 48.8. The molecule has 2 aromatic heterocycles. The Labute approximate surface area is 232 Å². The predicted octanol–water partition coefficient (Wildman–Crippen LogP) is 7.11. The van der Waals surface area contributed by atoms with Gasteiger partial charge in [0.1, 0.15) is 5.82 Å². The van der Waals surface area contributed by atoms with E-state index < -0.39 is 12.6 Å². The Kier molecular flexibility index (Phi) is 7.94. The van der Waals surface area contributed by atoms with Crippen molar-refractivity contribution in [3.63, 3.8) is 0 Å². The monoisotopic (exact) mass is 552 g/mol. The fraction of sp³-hybridized carbons (Fsp3) is 0.387. The SMILES string of the molecule is COc1ccc(-c2[nH]c3ccc(-c4ccnc(N5CCN(CCC(F)(F)F)CC5)c4)cc3c2C(C)C)cc1OC. The van der Waals surface area contributed by atoms with Crippen LogP contribution in [-0.2, 0) is 0 Å². The number of nitrogens with one attached hydrogen (secondary N) is 1. The summed E-state index contributed by atoms with van der Waals surface area (Å²) in [7, 11) is 3.27. The lowest BCUT2D eigenvalue weighted by atomic mass is 9.94. The molecule has 1 aliphatic rings. The van der Waals surface area contributed by atoms with E-state index in [-0.39, 0.29) is 12.5 Å². The van der Waals surface area contributed by atoms with Crippen LogP contribution >= 0.6 is 0 Å². The summed E-state index contributed by atoms with van der Waals surface area (Å²) in [6.45, 7) is 6.92. The molecule has 0 unspecified atom stereocenters. The number of aromatic amines is 1. The summed E-state index contributed by atoms with van der Waals surface area (Å²) in [4.78, 5) is 12.2. The molecule has 1 saturated heterocycles. The van der Waals surface area contributed by atoms with E-state index in [2.05, 4.69) is 53.0 Å². The quantitative estimate of drug-likeness (QED) is 0.252. The number of ether oxygens (including phenoxy) is 2. The van der Waals surface area contributed by atoms with Gasteiger partial charge >= 0.3 is 6.18 Å². The van der Waals surface area contributed by atoms with Gasteiger partial charge < -0.3 is 19.4 Å². The van der Waals surface area contributed by atoms with Gasteiger partial charge in [0.15, 0.2) is 11.5 Å². The molecule has 4 aromatic rings. The molecule has 0 bridgehead atoms. The molecule has 0 amide bonds. The zero-order valence-electron chi connectivity index (χ0n) is 23.3. The molecule has 6 nitrogen and oxygen atoms in total. The van der Waals surface area contributed by atoms with Crippen molar-refractivity contribution in [2.45, 2.75) is 32.4 Å². The normalized spacial score (nSPS) is 14.8. The van der Waals surface area contributed by atoms with Crippen LogP contribution in [0.2, 0.25) is 0 Å². The molecular formula is C31H35F3N4O2. The molecule has 1 aliphatic heterocycles. The number of hydrogen-bond acceptors (Lipinski definition) is 5. The van der Waals surface area contributed by atoms with Gasteiger partial charge in [0.05, 0.1) is 26.3 Å². The second-order valence-electron chi connectivity index (χ2n) is 10.5. The minimum Gasteiger partial charge on any atom is -0.493 e. The third-order valence-corrected chi connectivity index (χ3v) is 7.57. The number of halogens is 3. The number of aromatic nitrogens is 2. The zero-order valence-corrected chi connectivity index (χ0v) is 23.3. The van der Waals surface area contributed by atoms with Crippen molar-refractivity contribution >= 4 is 16.7 Å². The minimum atomic E-state index is -4.12. The summed E-state index contributed by atoms with van der Waals surface area (Å²) in [6.07, 6.45) is -3.08. The fourth-order valence-electron chi connectivity index (χ4n) is 5.47. The third-order valence-electron chi connectivity index (χ3n) is 7.57. The Balaban J connectivity index is 1.42. The van der Waals surface area contributed by atoms with Crippen LogP contribution < -0.4 is 14.4 Å². The number of fused-ring (bicyclic) bond motifs is 1. The van der Waals surface area contributed by atoms with E-state index in [1.54, 1.807) is 20.4 Å². The fourth-order valence-corrected chi connectivity index (χ4v) is 5.47. The lowest BCUT2D eigenvalue weighted by Gasteiger charge is -2.35. The van der Waals surface area contributed by atoms with E-state index in [1.165, 1.54) is 5.56 Å². The topological polar surface area (TPSA) is 53.6 Å². The Bertz CT molecular complexity index is 1470. The van der Waals surface area contributed by atoms with Crippen LogP contribution in [0, 0.1) is 0 Å². The highest BCUT2D eigenvalue weighted by Gasteiger charge is 2.29. The van der Waals surface area contributed by atoms with Crippen LogP contribution in [0.3, 0.4) is 0 Å². The highest BCUT2D eigenvalue weighted by Crippen LogP contribution is 2.40. The standard InChI is InChI=1S/C31H35F3N4O2/c1-20(2)29-24-17-21(5-7-25(24)36-30(29)23-6-8-26(39-3)27(18-23)40-4)22-9-11-35-28(19-22)38-15-13-37(14-16-38)12-10-31(32,33)34/h5-9,11,17-20,36H,10,12-16H2,1-4H3. The zero-order chi connectivity index (χ0) is 28.4. The Morgan fingerprint density at radius 2 is 1.57 bits per heavy atom. The second-order valence-corrected chi connectivity index (χ2v) is 10.5. The first kappa shape index (κ1) is 27.8. The molecule has 40 heavy (non-hydrogen) atoms. The number of pyridine rings is 1. The van der Waals surface area contributed by atoms with Crippen LogP contribution in [-0.4, -0.2) is 68.0 Å². The van der Waals surface area contributed by atoms with Crippen molar-refractivity contribution in [1.29, 1.82) is 0 Å². The summed E-state index contributed by atoms with van der Waals surface area (Å²) in [5, 5.41) is 1.16. The summed E-state index contributed by atoms with van der Waals surface area (Å²) in [6, 6.07) is 16.5. The highest BCUT2D eigenvalue weighted by atomic mass is 19.4. The smallest absolute Gasteiger partial charge is 0.390 e. The van der Waals surface area contributed by atoms with Crippen LogP contribution in [0.4, 0.5) is 19.0 Å². The molecule has 2 aromatic carbocycles. The maximum Gasteiger partial charge on any atom is 0.390 e. The van der Waals surface area contributed by atoms with E-state index in [0.717, 1.165) is 39.1 Å². The summed E-state index contributed by atoms with van der Waals surface area (Å²) in [5.41, 5.74) is 6.51. The van der Waals surface area contributed by atoms with Gasteiger partial charge in [0.2, 0.25) is 0 Å². The largest absolute Gasteiger partial charge is 0.493 e. The summed E-state index contributed by atoms with van der Waals surface area (Å²) in [5.74, 6) is 2.48. The number of hydrogen-bond donors (Lipinski definition) is 1. The molecule has 0 saturated carbocycles. The Hall–Kier alpha value is -3.72. The van der Waals surface area contributed by atoms with Crippen molar-refractivity contribution < 1.29 is 22.6 Å². The molecule has 0 atom stereocenters.